The summed E-state index contributed by atoms with van der Waals surface area (Å²) >= 11 is 4.08. The van der Waals surface area contributed by atoms with Crippen molar-refractivity contribution in [3.8, 4) is 0 Å². The van der Waals surface area contributed by atoms with E-state index in [1.54, 1.807) is 23.5 Å². The Morgan fingerprint density at radius 3 is 2.42 bits per heavy atom. The van der Waals surface area contributed by atoms with Crippen LogP contribution in [0.4, 0.5) is 0 Å². The minimum Gasteiger partial charge on any atom is -0.290 e. The molecule has 24 heavy (non-hydrogen) atoms. The first kappa shape index (κ1) is 15.7. The van der Waals surface area contributed by atoms with Crippen molar-refractivity contribution in [1.82, 2.24) is 0 Å². The van der Waals surface area contributed by atoms with Crippen LogP contribution in [-0.4, -0.2) is 17.0 Å². The maximum absolute atomic E-state index is 11.6. The first-order valence-electron chi connectivity index (χ1n) is 7.63. The van der Waals surface area contributed by atoms with E-state index in [1.807, 2.05) is 18.2 Å². The summed E-state index contributed by atoms with van der Waals surface area (Å²) in [5.41, 5.74) is 3.94. The number of hydrogen-bond donors (Lipinski definition) is 0. The summed E-state index contributed by atoms with van der Waals surface area (Å²) in [5.74, 6) is 0.0127. The Hall–Kier alpha value is -1.79. The van der Waals surface area contributed by atoms with Crippen molar-refractivity contribution in [3.05, 3.63) is 85.7 Å². The third-order valence-corrected chi connectivity index (χ3v) is 6.15. The van der Waals surface area contributed by atoms with Crippen LogP contribution >= 0.6 is 33.9 Å². The topological polar surface area (TPSA) is 29.4 Å². The number of carbonyl (C=O) groups is 1. The number of aryl methyl sites for hydroxylation is 1. The van der Waals surface area contributed by atoms with Crippen LogP contribution in [0, 0.1) is 6.92 Å². The van der Waals surface area contributed by atoms with Crippen LogP contribution in [0.2, 0.25) is 0 Å². The van der Waals surface area contributed by atoms with E-state index in [9.17, 15) is 4.79 Å². The minimum atomic E-state index is -0.584. The molecule has 2 heterocycles. The summed E-state index contributed by atoms with van der Waals surface area (Å²) in [5, 5.41) is 2.06. The molecule has 2 aromatic rings. The molecule has 0 amide bonds. The second kappa shape index (κ2) is 5.93. The van der Waals surface area contributed by atoms with E-state index in [1.165, 1.54) is 5.56 Å². The minimum absolute atomic E-state index is 0.0127. The molecule has 0 radical (unpaired) electrons. The Bertz CT molecular complexity index is 915. The Balaban J connectivity index is 1.93. The van der Waals surface area contributed by atoms with Gasteiger partial charge in [0, 0.05) is 9.15 Å². The van der Waals surface area contributed by atoms with Gasteiger partial charge in [-0.2, -0.15) is 0 Å². The molecular formula is C20H14INOS. The van der Waals surface area contributed by atoms with E-state index in [0.29, 0.717) is 0 Å². The molecule has 1 aromatic carbocycles. The van der Waals surface area contributed by atoms with Crippen LogP contribution in [0.1, 0.15) is 16.0 Å². The monoisotopic (exact) mass is 443 g/mol. The predicted molar refractivity (Wildman–Crippen MR) is 109 cm³/mol. The molecule has 1 aliphatic carbocycles. The van der Waals surface area contributed by atoms with Gasteiger partial charge in [-0.15, -0.1) is 11.3 Å². The summed E-state index contributed by atoms with van der Waals surface area (Å²) in [4.78, 5) is 17.8. The molecule has 0 bridgehead atoms. The summed E-state index contributed by atoms with van der Waals surface area (Å²) in [6.45, 7) is 2.08. The molecule has 0 saturated heterocycles. The number of rotatable bonds is 2. The first-order valence-corrected chi connectivity index (χ1v) is 9.59. The SMILES string of the molecule is Cc1ccc(C2=C(I)C(c3cccs3)=NC23C=CC(=O)C=C3)cc1. The number of nitrogens with zero attached hydrogens (tertiary/aromatic N) is 1. The van der Waals surface area contributed by atoms with Crippen LogP contribution in [0.25, 0.3) is 5.57 Å². The summed E-state index contributed by atoms with van der Waals surface area (Å²) in [6, 6.07) is 12.6. The molecule has 2 nitrogen and oxygen atoms in total. The molecule has 0 N–H and O–H groups in total. The average molecular weight is 443 g/mol. The van der Waals surface area contributed by atoms with Gasteiger partial charge >= 0.3 is 0 Å². The van der Waals surface area contributed by atoms with Gasteiger partial charge in [-0.1, -0.05) is 35.9 Å². The van der Waals surface area contributed by atoms with E-state index in [-0.39, 0.29) is 5.78 Å². The highest BCUT2D eigenvalue weighted by atomic mass is 127. The number of benzene rings is 1. The molecule has 1 aliphatic heterocycles. The quantitative estimate of drug-likeness (QED) is 0.592. The molecule has 0 saturated carbocycles. The lowest BCUT2D eigenvalue weighted by Crippen LogP contribution is -2.23. The van der Waals surface area contributed by atoms with Crippen LogP contribution in [-0.2, 0) is 4.79 Å². The normalized spacial score (nSPS) is 18.6. The molecule has 2 aliphatic rings. The first-order chi connectivity index (χ1) is 11.6. The maximum Gasteiger partial charge on any atom is 0.178 e. The smallest absolute Gasteiger partial charge is 0.178 e. The molecule has 0 fully saturated rings. The molecule has 0 atom stereocenters. The van der Waals surface area contributed by atoms with Gasteiger partial charge in [-0.05, 0) is 70.8 Å². The van der Waals surface area contributed by atoms with Crippen LogP contribution in [0.15, 0.2) is 74.7 Å². The molecule has 4 rings (SSSR count). The lowest BCUT2D eigenvalue weighted by Gasteiger charge is -2.25. The molecule has 4 heteroatoms. The summed E-state index contributed by atoms with van der Waals surface area (Å²) < 4.78 is 1.14. The van der Waals surface area contributed by atoms with Gasteiger partial charge in [0.25, 0.3) is 0 Å². The number of aliphatic imine (C=N–C) groups is 1. The molecule has 1 spiro atoms. The number of carbonyl (C=O) groups excluding carboxylic acids is 1. The number of hydrogen-bond acceptors (Lipinski definition) is 3. The second-order valence-electron chi connectivity index (χ2n) is 5.89. The van der Waals surface area contributed by atoms with Crippen molar-refractivity contribution in [3.63, 3.8) is 0 Å². The zero-order chi connectivity index (χ0) is 16.7. The van der Waals surface area contributed by atoms with Crippen molar-refractivity contribution in [2.75, 3.05) is 0 Å². The van der Waals surface area contributed by atoms with Gasteiger partial charge in [-0.25, -0.2) is 0 Å². The molecule has 0 unspecified atom stereocenters. The maximum atomic E-state index is 11.6. The van der Waals surface area contributed by atoms with E-state index >= 15 is 0 Å². The van der Waals surface area contributed by atoms with Gasteiger partial charge in [-0.3, -0.25) is 9.79 Å². The number of halogens is 1. The lowest BCUT2D eigenvalue weighted by molar-refractivity contribution is -0.110. The fourth-order valence-corrected chi connectivity index (χ4v) is 5.07. The van der Waals surface area contributed by atoms with E-state index in [4.69, 9.17) is 4.99 Å². The third-order valence-electron chi connectivity index (χ3n) is 4.22. The fourth-order valence-electron chi connectivity index (χ4n) is 3.01. The Kier molecular flexibility index (Phi) is 3.89. The standard InChI is InChI=1S/C20H14INOS/c1-13-4-6-14(7-5-13)17-18(21)19(16-3-2-12-24-16)22-20(17)10-8-15(23)9-11-20/h2-12H,1H3. The van der Waals surface area contributed by atoms with Crippen molar-refractivity contribution < 1.29 is 4.79 Å². The van der Waals surface area contributed by atoms with E-state index in [0.717, 1.165) is 25.3 Å². The average Bonchev–Trinajstić information content (AvgIpc) is 3.19. The van der Waals surface area contributed by atoms with Gasteiger partial charge in [0.15, 0.2) is 5.78 Å². The number of ketones is 1. The van der Waals surface area contributed by atoms with Crippen molar-refractivity contribution in [2.45, 2.75) is 12.5 Å². The summed E-state index contributed by atoms with van der Waals surface area (Å²) in [7, 11) is 0. The van der Waals surface area contributed by atoms with E-state index in [2.05, 4.69) is 65.2 Å². The Labute approximate surface area is 158 Å². The number of thiophene rings is 1. The Morgan fingerprint density at radius 2 is 1.79 bits per heavy atom. The van der Waals surface area contributed by atoms with Crippen molar-refractivity contribution in [1.29, 1.82) is 0 Å². The zero-order valence-corrected chi connectivity index (χ0v) is 16.0. The van der Waals surface area contributed by atoms with Crippen LogP contribution < -0.4 is 0 Å². The van der Waals surface area contributed by atoms with Gasteiger partial charge < -0.3 is 0 Å². The molecule has 1 aromatic heterocycles. The van der Waals surface area contributed by atoms with Crippen molar-refractivity contribution in [2.24, 2.45) is 4.99 Å². The van der Waals surface area contributed by atoms with Crippen LogP contribution in [0.5, 0.6) is 0 Å². The Morgan fingerprint density at radius 1 is 1.08 bits per heavy atom. The lowest BCUT2D eigenvalue weighted by atomic mass is 9.83. The van der Waals surface area contributed by atoms with Gasteiger partial charge in [0.1, 0.15) is 5.54 Å². The zero-order valence-electron chi connectivity index (χ0n) is 13.0. The highest BCUT2D eigenvalue weighted by Crippen LogP contribution is 2.46. The van der Waals surface area contributed by atoms with Gasteiger partial charge in [0.2, 0.25) is 0 Å². The van der Waals surface area contributed by atoms with Gasteiger partial charge in [0.05, 0.1) is 10.6 Å². The van der Waals surface area contributed by atoms with Crippen LogP contribution in [0.3, 0.4) is 0 Å². The van der Waals surface area contributed by atoms with E-state index < -0.39 is 5.54 Å². The second-order valence-corrected chi connectivity index (χ2v) is 7.91. The third kappa shape index (κ3) is 2.54. The number of allylic oxidation sites excluding steroid dienone is 3. The summed E-state index contributed by atoms with van der Waals surface area (Å²) in [6.07, 6.45) is 7.09. The largest absolute Gasteiger partial charge is 0.290 e. The fraction of sp³-hybridized carbons (Fsp3) is 0.100. The van der Waals surface area contributed by atoms with Crippen molar-refractivity contribution >= 4 is 51.0 Å². The highest BCUT2D eigenvalue weighted by molar-refractivity contribution is 14.1. The highest BCUT2D eigenvalue weighted by Gasteiger charge is 2.40. The molecule has 118 valence electrons. The molecular weight excluding hydrogens is 429 g/mol. The predicted octanol–water partition coefficient (Wildman–Crippen LogP) is 5.14.